The van der Waals surface area contributed by atoms with Gasteiger partial charge in [-0.2, -0.15) is 13.2 Å². The molecule has 0 aliphatic carbocycles. The van der Waals surface area contributed by atoms with Crippen LogP contribution in [-0.2, 0) is 15.3 Å². The Hall–Kier alpha value is -1.67. The second-order valence-corrected chi connectivity index (χ2v) is 5.27. The first-order chi connectivity index (χ1) is 10.2. The van der Waals surface area contributed by atoms with Crippen LogP contribution >= 0.6 is 0 Å². The molecule has 22 heavy (non-hydrogen) atoms. The lowest BCUT2D eigenvalue weighted by Crippen LogP contribution is -2.52. The van der Waals surface area contributed by atoms with E-state index in [-0.39, 0.29) is 12.1 Å². The van der Waals surface area contributed by atoms with E-state index in [2.05, 4.69) is 4.74 Å². The van der Waals surface area contributed by atoms with E-state index in [9.17, 15) is 22.4 Å². The van der Waals surface area contributed by atoms with Gasteiger partial charge in [-0.15, -0.1) is 0 Å². The highest BCUT2D eigenvalue weighted by molar-refractivity contribution is 5.76. The van der Waals surface area contributed by atoms with Crippen LogP contribution in [0.15, 0.2) is 24.3 Å². The Labute approximate surface area is 124 Å². The first-order valence-electron chi connectivity index (χ1n) is 6.78. The first-order valence-corrected chi connectivity index (χ1v) is 6.78. The Kier molecular flexibility index (Phi) is 4.72. The number of rotatable bonds is 4. The van der Waals surface area contributed by atoms with Crippen molar-refractivity contribution in [1.82, 2.24) is 4.90 Å². The van der Waals surface area contributed by atoms with Gasteiger partial charge in [0.05, 0.1) is 6.54 Å². The van der Waals surface area contributed by atoms with Gasteiger partial charge < -0.3 is 4.74 Å². The van der Waals surface area contributed by atoms with Crippen LogP contribution in [0.2, 0.25) is 0 Å². The van der Waals surface area contributed by atoms with Gasteiger partial charge in [0.25, 0.3) is 0 Å². The zero-order valence-corrected chi connectivity index (χ0v) is 11.7. The molecule has 1 aliphatic heterocycles. The van der Waals surface area contributed by atoms with Gasteiger partial charge >= 0.3 is 12.1 Å². The quantitative estimate of drug-likeness (QED) is 0.525. The number of hydrogen-bond donors (Lipinski definition) is 1. The molecular formula is C14H16F4N2O2. The molecule has 2 N–H and O–H groups in total. The van der Waals surface area contributed by atoms with Crippen LogP contribution in [0.25, 0.3) is 0 Å². The molecule has 0 saturated carbocycles. The molecule has 1 aromatic carbocycles. The molecule has 4 nitrogen and oxygen atoms in total. The number of hydrogen-bond acceptors (Lipinski definition) is 4. The van der Waals surface area contributed by atoms with E-state index in [1.165, 1.54) is 12.1 Å². The van der Waals surface area contributed by atoms with Crippen molar-refractivity contribution in [2.45, 2.75) is 24.7 Å². The molecular weight excluding hydrogens is 304 g/mol. The largest absolute Gasteiger partial charge is 0.491 e. The van der Waals surface area contributed by atoms with Crippen LogP contribution in [0.3, 0.4) is 0 Å². The monoisotopic (exact) mass is 320 g/mol. The Bertz CT molecular complexity index is 527. The van der Waals surface area contributed by atoms with Gasteiger partial charge in [0, 0.05) is 5.56 Å². The number of ether oxygens (including phenoxy) is 1. The predicted molar refractivity (Wildman–Crippen MR) is 70.1 cm³/mol. The van der Waals surface area contributed by atoms with Crippen molar-refractivity contribution >= 4 is 5.97 Å². The highest BCUT2D eigenvalue weighted by Crippen LogP contribution is 2.28. The second-order valence-electron chi connectivity index (χ2n) is 5.27. The summed E-state index contributed by atoms with van der Waals surface area (Å²) in [5.74, 6) is -2.92. The maximum Gasteiger partial charge on any atom is 0.491 e. The first kappa shape index (κ1) is 16.7. The van der Waals surface area contributed by atoms with E-state index in [1.807, 2.05) is 4.90 Å². The SMILES string of the molecule is N[C@](CN1CCCC1)(OC(=O)C(F)(F)F)c1ccc(F)cc1. The number of carbonyl (C=O) groups is 1. The fourth-order valence-electron chi connectivity index (χ4n) is 2.41. The van der Waals surface area contributed by atoms with Crippen molar-refractivity contribution in [3.8, 4) is 0 Å². The van der Waals surface area contributed by atoms with Gasteiger partial charge in [0.1, 0.15) is 5.82 Å². The van der Waals surface area contributed by atoms with E-state index in [4.69, 9.17) is 5.73 Å². The van der Waals surface area contributed by atoms with Crippen LogP contribution in [0.5, 0.6) is 0 Å². The molecule has 0 radical (unpaired) electrons. The Morgan fingerprint density at radius 2 is 1.73 bits per heavy atom. The Morgan fingerprint density at radius 1 is 1.18 bits per heavy atom. The van der Waals surface area contributed by atoms with Crippen LogP contribution in [0.4, 0.5) is 17.6 Å². The number of halogens is 4. The molecule has 122 valence electrons. The second kappa shape index (κ2) is 6.21. The third-order valence-electron chi connectivity index (χ3n) is 3.50. The lowest BCUT2D eigenvalue weighted by molar-refractivity contribution is -0.216. The van der Waals surface area contributed by atoms with Crippen molar-refractivity contribution in [2.75, 3.05) is 19.6 Å². The highest BCUT2D eigenvalue weighted by atomic mass is 19.4. The molecule has 1 atom stereocenters. The number of nitrogens with zero attached hydrogens (tertiary/aromatic N) is 1. The van der Waals surface area contributed by atoms with Gasteiger partial charge in [0.2, 0.25) is 5.72 Å². The molecule has 8 heteroatoms. The van der Waals surface area contributed by atoms with Gasteiger partial charge in [-0.3, -0.25) is 10.6 Å². The van der Waals surface area contributed by atoms with Gasteiger partial charge in [-0.05, 0) is 38.1 Å². The van der Waals surface area contributed by atoms with E-state index >= 15 is 0 Å². The van der Waals surface area contributed by atoms with E-state index in [0.29, 0.717) is 13.1 Å². The lowest BCUT2D eigenvalue weighted by atomic mass is 10.0. The van der Waals surface area contributed by atoms with E-state index in [0.717, 1.165) is 25.0 Å². The van der Waals surface area contributed by atoms with Crippen LogP contribution in [0.1, 0.15) is 18.4 Å². The standard InChI is InChI=1S/C14H16F4N2O2/c15-11-5-3-10(4-6-11)13(19,9-20-7-1-2-8-20)22-12(21)14(16,17)18/h3-6H,1-2,7-9,19H2/t13-/m1/s1. The average molecular weight is 320 g/mol. The molecule has 0 bridgehead atoms. The summed E-state index contributed by atoms with van der Waals surface area (Å²) in [5.41, 5.74) is 4.07. The summed E-state index contributed by atoms with van der Waals surface area (Å²) in [4.78, 5) is 13.0. The zero-order chi connectivity index (χ0) is 16.4. The van der Waals surface area contributed by atoms with Crippen LogP contribution < -0.4 is 5.73 Å². The maximum absolute atomic E-state index is 13.0. The third kappa shape index (κ3) is 3.95. The molecule has 0 spiro atoms. The zero-order valence-electron chi connectivity index (χ0n) is 11.7. The average Bonchev–Trinajstić information content (AvgIpc) is 2.90. The summed E-state index contributed by atoms with van der Waals surface area (Å²) in [6.07, 6.45) is -3.35. The molecule has 1 saturated heterocycles. The molecule has 1 fully saturated rings. The summed E-state index contributed by atoms with van der Waals surface area (Å²) in [6, 6.07) is 4.55. The number of carbonyl (C=O) groups excluding carboxylic acids is 1. The van der Waals surface area contributed by atoms with Gasteiger partial charge in [0.15, 0.2) is 0 Å². The number of alkyl halides is 3. The molecule has 0 unspecified atom stereocenters. The number of likely N-dealkylation sites (tertiary alicyclic amines) is 1. The Balaban J connectivity index is 2.26. The summed E-state index contributed by atoms with van der Waals surface area (Å²) >= 11 is 0. The van der Waals surface area contributed by atoms with Gasteiger partial charge in [-0.1, -0.05) is 12.1 Å². The summed E-state index contributed by atoms with van der Waals surface area (Å²) < 4.78 is 54.9. The van der Waals surface area contributed by atoms with Gasteiger partial charge in [-0.25, -0.2) is 9.18 Å². The minimum atomic E-state index is -5.14. The van der Waals surface area contributed by atoms with Crippen molar-refractivity contribution in [2.24, 2.45) is 5.73 Å². The summed E-state index contributed by atoms with van der Waals surface area (Å²) in [7, 11) is 0. The Morgan fingerprint density at radius 3 is 2.23 bits per heavy atom. The fraction of sp³-hybridized carbons (Fsp3) is 0.500. The van der Waals surface area contributed by atoms with E-state index < -0.39 is 23.7 Å². The van der Waals surface area contributed by atoms with Crippen LogP contribution in [0, 0.1) is 5.82 Å². The normalized spacial score (nSPS) is 19.0. The van der Waals surface area contributed by atoms with Crippen molar-refractivity contribution in [3.05, 3.63) is 35.6 Å². The highest BCUT2D eigenvalue weighted by Gasteiger charge is 2.46. The molecule has 1 heterocycles. The summed E-state index contributed by atoms with van der Waals surface area (Å²) in [5, 5.41) is 0. The molecule has 2 rings (SSSR count). The van der Waals surface area contributed by atoms with Crippen molar-refractivity contribution in [3.63, 3.8) is 0 Å². The minimum absolute atomic E-state index is 0.0829. The lowest BCUT2D eigenvalue weighted by Gasteiger charge is -2.33. The predicted octanol–water partition coefficient (Wildman–Crippen LogP) is 2.14. The van der Waals surface area contributed by atoms with Crippen LogP contribution in [-0.4, -0.2) is 36.7 Å². The fourth-order valence-corrected chi connectivity index (χ4v) is 2.41. The van der Waals surface area contributed by atoms with Crippen molar-refractivity contribution < 1.29 is 27.1 Å². The smallest absolute Gasteiger partial charge is 0.432 e. The number of esters is 1. The number of benzene rings is 1. The van der Waals surface area contributed by atoms with E-state index in [1.54, 1.807) is 0 Å². The maximum atomic E-state index is 13.0. The third-order valence-corrected chi connectivity index (χ3v) is 3.50. The molecule has 1 aromatic rings. The summed E-state index contributed by atoms with van der Waals surface area (Å²) in [6.45, 7) is 1.23. The molecule has 1 aliphatic rings. The number of nitrogens with two attached hydrogens (primary N) is 1. The molecule has 0 amide bonds. The minimum Gasteiger partial charge on any atom is -0.432 e. The topological polar surface area (TPSA) is 55.6 Å². The van der Waals surface area contributed by atoms with Crippen molar-refractivity contribution in [1.29, 1.82) is 0 Å². The molecule has 0 aromatic heterocycles.